The number of urea groups is 1. The minimum Gasteiger partial charge on any atom is -0.346 e. The second-order valence-corrected chi connectivity index (χ2v) is 14.8. The zero-order valence-corrected chi connectivity index (χ0v) is 26.6. The summed E-state index contributed by atoms with van der Waals surface area (Å²) in [5, 5.41) is 10.7. The van der Waals surface area contributed by atoms with Gasteiger partial charge in [0, 0.05) is 25.8 Å². The number of ketones is 1. The Morgan fingerprint density at radius 3 is 2.30 bits per heavy atom. The first-order chi connectivity index (χ1) is 20.0. The molecule has 0 spiro atoms. The monoisotopic (exact) mass is 621 g/mol. The smallest absolute Gasteiger partial charge is 0.315 e. The van der Waals surface area contributed by atoms with Gasteiger partial charge >= 0.3 is 6.03 Å². The number of sulfone groups is 1. The number of carbonyl (C=O) groups is 5. The summed E-state index contributed by atoms with van der Waals surface area (Å²) >= 11 is 0. The first kappa shape index (κ1) is 35.8. The Labute approximate surface area is 255 Å². The standard InChI is InChI=1S/C30H47N5O7S/c1-7-9-14-21(23(36)26(38)31-18-8-2)32-25(37)22-15-13-19-35(22)27(39)24(29(3,4)5)33-28(40)34-30(20-43(6,41)42)16-11-10-12-17-30/h1,8,21-22,24H,2,9-20H2,3-6H3,(H,31,38)(H,32,37)(H2,33,34,40)/t21?,22-,24+/m0/s1. The SMILES string of the molecule is C#CCCC(NC(=O)[C@@H]1CCCN1C(=O)[C@@H](NC(=O)NC1(CS(C)(=O)=O)CCCCC1)C(C)(C)C)C(=O)C(=O)NCC=C. The summed E-state index contributed by atoms with van der Waals surface area (Å²) in [6.45, 7) is 9.18. The third kappa shape index (κ3) is 10.7. The van der Waals surface area contributed by atoms with Crippen LogP contribution in [0.5, 0.6) is 0 Å². The summed E-state index contributed by atoms with van der Waals surface area (Å²) in [5.74, 6) is -0.587. The molecule has 0 radical (unpaired) electrons. The van der Waals surface area contributed by atoms with Crippen LogP contribution >= 0.6 is 0 Å². The van der Waals surface area contributed by atoms with Gasteiger partial charge in [-0.3, -0.25) is 19.2 Å². The summed E-state index contributed by atoms with van der Waals surface area (Å²) in [5.41, 5.74) is -1.68. The van der Waals surface area contributed by atoms with E-state index in [2.05, 4.69) is 33.8 Å². The molecule has 5 amide bonds. The van der Waals surface area contributed by atoms with Gasteiger partial charge in [0.25, 0.3) is 5.91 Å². The summed E-state index contributed by atoms with van der Waals surface area (Å²) < 4.78 is 24.4. The van der Waals surface area contributed by atoms with Crippen molar-refractivity contribution in [1.82, 2.24) is 26.2 Å². The van der Waals surface area contributed by atoms with E-state index in [-0.39, 0.29) is 31.7 Å². The minimum absolute atomic E-state index is 0.0465. The van der Waals surface area contributed by atoms with Crippen LogP contribution in [0.1, 0.15) is 78.6 Å². The summed E-state index contributed by atoms with van der Waals surface area (Å²) in [6.07, 6.45) is 12.5. The number of terminal acetylenes is 1. The third-order valence-corrected chi connectivity index (χ3v) is 8.87. The van der Waals surface area contributed by atoms with E-state index in [0.29, 0.717) is 25.7 Å². The number of carbonyl (C=O) groups excluding carboxylic acids is 5. The van der Waals surface area contributed by atoms with E-state index in [4.69, 9.17) is 6.42 Å². The highest BCUT2D eigenvalue weighted by molar-refractivity contribution is 7.90. The molecule has 0 aromatic rings. The molecule has 240 valence electrons. The van der Waals surface area contributed by atoms with Crippen molar-refractivity contribution < 1.29 is 32.4 Å². The minimum atomic E-state index is -3.39. The molecule has 3 atom stereocenters. The molecule has 0 bridgehead atoms. The molecule has 13 heteroatoms. The van der Waals surface area contributed by atoms with Gasteiger partial charge in [-0.2, -0.15) is 0 Å². The lowest BCUT2D eigenvalue weighted by Gasteiger charge is -2.39. The topological polar surface area (TPSA) is 171 Å². The van der Waals surface area contributed by atoms with Gasteiger partial charge in [-0.05, 0) is 37.5 Å². The normalized spacial score (nSPS) is 19.7. The molecule has 2 rings (SSSR count). The number of nitrogens with zero attached hydrogens (tertiary/aromatic N) is 1. The maximum atomic E-state index is 13.9. The molecule has 12 nitrogen and oxygen atoms in total. The van der Waals surface area contributed by atoms with Gasteiger partial charge in [0.05, 0.1) is 17.3 Å². The fourth-order valence-electron chi connectivity index (χ4n) is 5.74. The van der Waals surface area contributed by atoms with Crippen LogP contribution in [0.2, 0.25) is 0 Å². The Bertz CT molecular complexity index is 1210. The van der Waals surface area contributed by atoms with Crippen molar-refractivity contribution in [3.63, 3.8) is 0 Å². The molecule has 1 aliphatic heterocycles. The molecule has 4 N–H and O–H groups in total. The fraction of sp³-hybridized carbons (Fsp3) is 0.700. The van der Waals surface area contributed by atoms with Gasteiger partial charge in [0.2, 0.25) is 17.6 Å². The fourth-order valence-corrected chi connectivity index (χ4v) is 7.10. The lowest BCUT2D eigenvalue weighted by Crippen LogP contribution is -2.63. The molecule has 1 unspecified atom stereocenters. The van der Waals surface area contributed by atoms with Crippen molar-refractivity contribution in [3.8, 4) is 12.3 Å². The average Bonchev–Trinajstić information content (AvgIpc) is 3.41. The van der Waals surface area contributed by atoms with Crippen LogP contribution in [-0.2, 0) is 29.0 Å². The van der Waals surface area contributed by atoms with Crippen LogP contribution in [-0.4, -0.2) is 91.6 Å². The van der Waals surface area contributed by atoms with Gasteiger partial charge in [-0.15, -0.1) is 18.9 Å². The van der Waals surface area contributed by atoms with E-state index in [1.807, 2.05) is 0 Å². The van der Waals surface area contributed by atoms with E-state index in [9.17, 15) is 32.4 Å². The Morgan fingerprint density at radius 2 is 1.74 bits per heavy atom. The number of hydrogen-bond acceptors (Lipinski definition) is 7. The van der Waals surface area contributed by atoms with Crippen LogP contribution in [0.15, 0.2) is 12.7 Å². The van der Waals surface area contributed by atoms with Gasteiger partial charge in [-0.25, -0.2) is 13.2 Å². The third-order valence-electron chi connectivity index (χ3n) is 7.80. The second-order valence-electron chi connectivity index (χ2n) is 12.7. The molecule has 43 heavy (non-hydrogen) atoms. The van der Waals surface area contributed by atoms with Gasteiger partial charge in [0.15, 0.2) is 0 Å². The average molecular weight is 622 g/mol. The number of nitrogens with one attached hydrogen (secondary N) is 4. The molecule has 2 aliphatic rings. The summed E-state index contributed by atoms with van der Waals surface area (Å²) in [4.78, 5) is 67.0. The Morgan fingerprint density at radius 1 is 1.09 bits per heavy atom. The molecule has 1 saturated carbocycles. The zero-order chi connectivity index (χ0) is 32.4. The van der Waals surface area contributed by atoms with Crippen LogP contribution < -0.4 is 21.3 Å². The van der Waals surface area contributed by atoms with Crippen molar-refractivity contribution in [1.29, 1.82) is 0 Å². The van der Waals surface area contributed by atoms with Gasteiger partial charge in [0.1, 0.15) is 21.9 Å². The van der Waals surface area contributed by atoms with E-state index in [1.54, 1.807) is 20.8 Å². The van der Waals surface area contributed by atoms with Crippen molar-refractivity contribution >= 4 is 39.4 Å². The number of rotatable bonds is 13. The quantitative estimate of drug-likeness (QED) is 0.136. The molecule has 1 saturated heterocycles. The van der Waals surface area contributed by atoms with Crippen LogP contribution in [0, 0.1) is 17.8 Å². The zero-order valence-electron chi connectivity index (χ0n) is 25.8. The van der Waals surface area contributed by atoms with Crippen molar-refractivity contribution in [2.75, 3.05) is 25.1 Å². The lowest BCUT2D eigenvalue weighted by molar-refractivity contribution is -0.143. The van der Waals surface area contributed by atoms with E-state index >= 15 is 0 Å². The van der Waals surface area contributed by atoms with Crippen molar-refractivity contribution in [3.05, 3.63) is 12.7 Å². The van der Waals surface area contributed by atoms with Crippen LogP contribution in [0.3, 0.4) is 0 Å². The second kappa shape index (κ2) is 15.4. The predicted molar refractivity (Wildman–Crippen MR) is 163 cm³/mol. The van der Waals surface area contributed by atoms with Gasteiger partial charge < -0.3 is 26.2 Å². The van der Waals surface area contributed by atoms with Gasteiger partial charge in [-0.1, -0.05) is 46.1 Å². The van der Waals surface area contributed by atoms with E-state index < -0.39 is 68.5 Å². The van der Waals surface area contributed by atoms with Crippen LogP contribution in [0.25, 0.3) is 0 Å². The van der Waals surface area contributed by atoms with Crippen LogP contribution in [0.4, 0.5) is 4.79 Å². The first-order valence-electron chi connectivity index (χ1n) is 14.8. The molecule has 0 aromatic heterocycles. The number of amides is 5. The molecule has 2 fully saturated rings. The maximum Gasteiger partial charge on any atom is 0.315 e. The number of likely N-dealkylation sites (tertiary alicyclic amines) is 1. The Balaban J connectivity index is 2.21. The highest BCUT2D eigenvalue weighted by Crippen LogP contribution is 2.30. The maximum absolute atomic E-state index is 13.9. The lowest BCUT2D eigenvalue weighted by atomic mass is 9.83. The highest BCUT2D eigenvalue weighted by atomic mass is 32.2. The number of hydrogen-bond donors (Lipinski definition) is 4. The molecule has 1 heterocycles. The highest BCUT2D eigenvalue weighted by Gasteiger charge is 2.44. The summed E-state index contributed by atoms with van der Waals surface area (Å²) in [6, 6.07) is -3.78. The molecule has 0 aromatic carbocycles. The predicted octanol–water partition coefficient (Wildman–Crippen LogP) is 1.21. The molecular formula is C30H47N5O7S. The molecule has 1 aliphatic carbocycles. The first-order valence-corrected chi connectivity index (χ1v) is 16.8. The number of Topliss-reactive ketones (excluding diaryl/α,β-unsaturated/α-hetero) is 1. The molecular weight excluding hydrogens is 574 g/mol. The Kier molecular flexibility index (Phi) is 12.8. The largest absolute Gasteiger partial charge is 0.346 e. The van der Waals surface area contributed by atoms with Crippen molar-refractivity contribution in [2.45, 2.75) is 102 Å². The Hall–Kier alpha value is -3.40. The van der Waals surface area contributed by atoms with E-state index in [1.165, 1.54) is 11.0 Å². The van der Waals surface area contributed by atoms with Crippen molar-refractivity contribution in [2.24, 2.45) is 5.41 Å². The van der Waals surface area contributed by atoms with E-state index in [0.717, 1.165) is 25.5 Å². The summed E-state index contributed by atoms with van der Waals surface area (Å²) in [7, 11) is -3.39.